The third-order valence-corrected chi connectivity index (χ3v) is 5.76. The van der Waals surface area contributed by atoms with Crippen molar-refractivity contribution in [3.05, 3.63) is 51.9 Å². The van der Waals surface area contributed by atoms with Crippen molar-refractivity contribution in [3.63, 3.8) is 0 Å². The van der Waals surface area contributed by atoms with E-state index in [1.807, 2.05) is 6.07 Å². The number of rotatable bonds is 4. The van der Waals surface area contributed by atoms with Gasteiger partial charge in [-0.15, -0.1) is 0 Å². The molecule has 1 fully saturated rings. The van der Waals surface area contributed by atoms with Crippen molar-refractivity contribution in [1.29, 1.82) is 0 Å². The summed E-state index contributed by atoms with van der Waals surface area (Å²) >= 11 is 0. The van der Waals surface area contributed by atoms with E-state index < -0.39 is 5.97 Å². The van der Waals surface area contributed by atoms with E-state index >= 15 is 0 Å². The number of carbonyl (C=O) groups is 2. The maximum absolute atomic E-state index is 13.0. The van der Waals surface area contributed by atoms with Crippen molar-refractivity contribution in [1.82, 2.24) is 9.47 Å². The largest absolute Gasteiger partial charge is 0.493 e. The summed E-state index contributed by atoms with van der Waals surface area (Å²) in [5.41, 5.74) is 0.970. The van der Waals surface area contributed by atoms with Crippen LogP contribution in [0.2, 0.25) is 0 Å². The molecule has 2 N–H and O–H groups in total. The topological polar surface area (TPSA) is 110 Å². The summed E-state index contributed by atoms with van der Waals surface area (Å²) in [7, 11) is 2.85. The minimum absolute atomic E-state index is 0.0171. The fraction of sp³-hybridized carbons (Fsp3) is 0.381. The van der Waals surface area contributed by atoms with Gasteiger partial charge in [0, 0.05) is 49.4 Å². The molecule has 1 saturated heterocycles. The summed E-state index contributed by atoms with van der Waals surface area (Å²) in [4.78, 5) is 38.5. The number of benzene rings is 1. The monoisotopic (exact) mass is 413 g/mol. The number of hydrogen-bond acceptors (Lipinski definition) is 5. The molecular formula is C21H23N3O6. The molecule has 0 radical (unpaired) electrons. The summed E-state index contributed by atoms with van der Waals surface area (Å²) in [6.45, 7) is 1.53. The van der Waals surface area contributed by atoms with Crippen molar-refractivity contribution in [2.45, 2.75) is 18.9 Å². The summed E-state index contributed by atoms with van der Waals surface area (Å²) in [5, 5.41) is 12.3. The van der Waals surface area contributed by atoms with Gasteiger partial charge in [0.15, 0.2) is 11.5 Å². The molecule has 2 aliphatic rings. The van der Waals surface area contributed by atoms with E-state index in [4.69, 9.17) is 9.47 Å². The highest BCUT2D eigenvalue weighted by Crippen LogP contribution is 2.36. The number of anilines is 1. The van der Waals surface area contributed by atoms with Gasteiger partial charge in [0.2, 0.25) is 0 Å². The predicted molar refractivity (Wildman–Crippen MR) is 109 cm³/mol. The average Bonchev–Trinajstić information content (AvgIpc) is 2.73. The number of carboxylic acid groups (broad SMARTS) is 1. The van der Waals surface area contributed by atoms with Crippen LogP contribution >= 0.6 is 0 Å². The molecule has 3 heterocycles. The minimum Gasteiger partial charge on any atom is -0.493 e. The number of aromatic nitrogens is 1. The molecule has 4 rings (SSSR count). The molecule has 2 amide bonds. The number of fused-ring (bicyclic) bond motifs is 4. The number of nitrogens with one attached hydrogen (secondary N) is 1. The van der Waals surface area contributed by atoms with Gasteiger partial charge in [0.25, 0.3) is 5.56 Å². The predicted octanol–water partition coefficient (Wildman–Crippen LogP) is 2.21. The molecule has 9 nitrogen and oxygen atoms in total. The maximum Gasteiger partial charge on any atom is 0.337 e. The normalized spacial score (nSPS) is 19.6. The quantitative estimate of drug-likeness (QED) is 0.795. The first kappa shape index (κ1) is 19.8. The molecule has 9 heteroatoms. The van der Waals surface area contributed by atoms with E-state index in [1.165, 1.54) is 26.4 Å². The zero-order valence-corrected chi connectivity index (χ0v) is 16.8. The molecule has 2 aliphatic heterocycles. The van der Waals surface area contributed by atoms with Gasteiger partial charge in [-0.05, 0) is 18.4 Å². The number of amides is 2. The lowest BCUT2D eigenvalue weighted by molar-refractivity contribution is 0.0697. The Balaban J connectivity index is 1.58. The fourth-order valence-corrected chi connectivity index (χ4v) is 4.42. The molecular weight excluding hydrogens is 390 g/mol. The van der Waals surface area contributed by atoms with Gasteiger partial charge in [-0.25, -0.2) is 9.59 Å². The number of methoxy groups -OCH3 is 2. The Kier molecular flexibility index (Phi) is 5.11. The Morgan fingerprint density at radius 3 is 2.53 bits per heavy atom. The zero-order valence-electron chi connectivity index (χ0n) is 16.8. The van der Waals surface area contributed by atoms with Crippen molar-refractivity contribution in [3.8, 4) is 11.5 Å². The summed E-state index contributed by atoms with van der Waals surface area (Å²) < 4.78 is 12.2. The minimum atomic E-state index is -1.19. The number of piperidine rings is 1. The maximum atomic E-state index is 13.0. The molecule has 2 unspecified atom stereocenters. The highest BCUT2D eigenvalue weighted by molar-refractivity contribution is 6.01. The third kappa shape index (κ3) is 3.47. The van der Waals surface area contributed by atoms with Crippen LogP contribution in [0.5, 0.6) is 11.5 Å². The molecule has 0 aliphatic carbocycles. The van der Waals surface area contributed by atoms with Crippen molar-refractivity contribution < 1.29 is 24.2 Å². The van der Waals surface area contributed by atoms with Crippen molar-refractivity contribution >= 4 is 17.7 Å². The van der Waals surface area contributed by atoms with Crippen molar-refractivity contribution in [2.75, 3.05) is 32.6 Å². The van der Waals surface area contributed by atoms with Gasteiger partial charge in [-0.2, -0.15) is 0 Å². The number of pyridine rings is 1. The molecule has 30 heavy (non-hydrogen) atoms. The number of ether oxygens (including phenoxy) is 2. The van der Waals surface area contributed by atoms with E-state index in [-0.39, 0.29) is 40.4 Å². The Hall–Kier alpha value is -3.49. The lowest BCUT2D eigenvalue weighted by atomic mass is 9.83. The number of hydrogen-bond donors (Lipinski definition) is 2. The van der Waals surface area contributed by atoms with Crippen LogP contribution in [-0.4, -0.2) is 53.9 Å². The second-order valence-electron chi connectivity index (χ2n) is 7.59. The van der Waals surface area contributed by atoms with Crippen LogP contribution in [0.15, 0.2) is 35.1 Å². The number of nitrogens with zero attached hydrogens (tertiary/aromatic N) is 2. The average molecular weight is 413 g/mol. The van der Waals surface area contributed by atoms with E-state index in [0.29, 0.717) is 25.4 Å². The molecule has 158 valence electrons. The standard InChI is InChI=1S/C21H23N3O6/c1-29-17-7-14(20(26)27)15(8-18(17)30-2)22-21(28)23-9-12-6-13(11-23)16-4-3-5-19(25)24(16)10-12/h3-5,7-8,12-13H,6,9-11H2,1-2H3,(H,22,28)(H,26,27). The van der Waals surface area contributed by atoms with E-state index in [2.05, 4.69) is 5.32 Å². The molecule has 0 spiro atoms. The van der Waals surface area contributed by atoms with Crippen LogP contribution in [0.25, 0.3) is 0 Å². The van der Waals surface area contributed by atoms with Crippen LogP contribution < -0.4 is 20.3 Å². The molecule has 2 atom stereocenters. The SMILES string of the molecule is COc1cc(NC(=O)N2CC3CC(C2)c2cccc(=O)n2C3)c(C(=O)O)cc1OC. The lowest BCUT2D eigenvalue weighted by Gasteiger charge is -2.42. The number of carbonyl (C=O) groups excluding carboxylic acids is 1. The number of aromatic carboxylic acids is 1. The first-order valence-electron chi connectivity index (χ1n) is 9.66. The van der Waals surface area contributed by atoms with Gasteiger partial charge in [0.05, 0.1) is 25.5 Å². The smallest absolute Gasteiger partial charge is 0.337 e. The number of carboxylic acids is 1. The van der Waals surface area contributed by atoms with Crippen LogP contribution in [0.4, 0.5) is 10.5 Å². The number of likely N-dealkylation sites (tertiary alicyclic amines) is 1. The van der Waals surface area contributed by atoms with Crippen LogP contribution in [0.1, 0.15) is 28.4 Å². The van der Waals surface area contributed by atoms with Gasteiger partial charge in [-0.1, -0.05) is 6.07 Å². The Bertz CT molecular complexity index is 1060. The zero-order chi connectivity index (χ0) is 21.4. The number of urea groups is 1. The van der Waals surface area contributed by atoms with E-state index in [1.54, 1.807) is 21.6 Å². The lowest BCUT2D eigenvalue weighted by Crippen LogP contribution is -2.50. The summed E-state index contributed by atoms with van der Waals surface area (Å²) in [6, 6.07) is 7.62. The highest BCUT2D eigenvalue weighted by atomic mass is 16.5. The van der Waals surface area contributed by atoms with Gasteiger partial charge >= 0.3 is 12.0 Å². The fourth-order valence-electron chi connectivity index (χ4n) is 4.42. The molecule has 1 aromatic heterocycles. The van der Waals surface area contributed by atoms with Crippen LogP contribution in [0, 0.1) is 5.92 Å². The Labute approximate surface area is 172 Å². The third-order valence-electron chi connectivity index (χ3n) is 5.76. The first-order valence-corrected chi connectivity index (χ1v) is 9.66. The Morgan fingerprint density at radius 1 is 1.10 bits per heavy atom. The van der Waals surface area contributed by atoms with Gasteiger partial charge in [0.1, 0.15) is 0 Å². The first-order chi connectivity index (χ1) is 14.4. The molecule has 0 saturated carbocycles. The second-order valence-corrected chi connectivity index (χ2v) is 7.59. The summed E-state index contributed by atoms with van der Waals surface area (Å²) in [6.07, 6.45) is 0.921. The highest BCUT2D eigenvalue weighted by Gasteiger charge is 2.36. The van der Waals surface area contributed by atoms with E-state index in [9.17, 15) is 19.5 Å². The van der Waals surface area contributed by atoms with Crippen LogP contribution in [0.3, 0.4) is 0 Å². The van der Waals surface area contributed by atoms with Crippen molar-refractivity contribution in [2.24, 2.45) is 5.92 Å². The van der Waals surface area contributed by atoms with E-state index in [0.717, 1.165) is 12.1 Å². The summed E-state index contributed by atoms with van der Waals surface area (Å²) in [5.74, 6) is -0.355. The molecule has 2 bridgehead atoms. The molecule has 2 aromatic rings. The van der Waals surface area contributed by atoms with Gasteiger partial charge < -0.3 is 29.4 Å². The van der Waals surface area contributed by atoms with Gasteiger partial charge in [-0.3, -0.25) is 4.79 Å². The molecule has 1 aromatic carbocycles. The Morgan fingerprint density at radius 2 is 1.83 bits per heavy atom. The van der Waals surface area contributed by atoms with Crippen LogP contribution in [-0.2, 0) is 6.54 Å². The second kappa shape index (κ2) is 7.74.